The quantitative estimate of drug-likeness (QED) is 0.443. The molecule has 0 fully saturated rings. The summed E-state index contributed by atoms with van der Waals surface area (Å²) in [6, 6.07) is 18.4. The summed E-state index contributed by atoms with van der Waals surface area (Å²) in [6.07, 6.45) is -0.999. The van der Waals surface area contributed by atoms with Crippen LogP contribution in [0.3, 0.4) is 0 Å². The fourth-order valence-corrected chi connectivity index (χ4v) is 3.91. The van der Waals surface area contributed by atoms with Crippen LogP contribution in [0.5, 0.6) is 0 Å². The zero-order valence-electron chi connectivity index (χ0n) is 17.0. The van der Waals surface area contributed by atoms with Crippen molar-refractivity contribution >= 4 is 39.8 Å². The van der Waals surface area contributed by atoms with Gasteiger partial charge in [0.25, 0.3) is 5.91 Å². The van der Waals surface area contributed by atoms with Gasteiger partial charge in [0.2, 0.25) is 0 Å². The number of carbonyl (C=O) groups excluding carboxylic acids is 1. The molecule has 0 aliphatic heterocycles. The summed E-state index contributed by atoms with van der Waals surface area (Å²) in [6.45, 7) is 2.50. The summed E-state index contributed by atoms with van der Waals surface area (Å²) in [7, 11) is 0. The van der Waals surface area contributed by atoms with Gasteiger partial charge in [-0.05, 0) is 24.6 Å². The molecule has 0 radical (unpaired) electrons. The summed E-state index contributed by atoms with van der Waals surface area (Å²) in [5.74, 6) is -0.590. The smallest absolute Gasteiger partial charge is 0.407 e. The number of para-hydroxylation sites is 1. The Morgan fingerprint density at radius 3 is 2.45 bits per heavy atom. The minimum absolute atomic E-state index is 0.0519. The fourth-order valence-electron chi connectivity index (χ4n) is 3.91. The van der Waals surface area contributed by atoms with Crippen LogP contribution in [-0.2, 0) is 13.1 Å². The SMILES string of the molecule is C[C@H](Cn1c2ccccc2c2cc(C(N)=O)c(N)nc21)N(Cc1ccccc1)C(=O)O. The Morgan fingerprint density at radius 1 is 1.10 bits per heavy atom. The topological polar surface area (TPSA) is 127 Å². The van der Waals surface area contributed by atoms with Crippen molar-refractivity contribution in [3.05, 3.63) is 71.8 Å². The average molecular weight is 417 g/mol. The first-order valence-corrected chi connectivity index (χ1v) is 9.87. The molecule has 158 valence electrons. The standard InChI is InChI=1S/C23H23N5O3/c1-14(27(23(30)31)13-15-7-3-2-4-8-15)12-28-19-10-6-5-9-16(19)17-11-18(21(25)29)20(24)26-22(17)28/h2-11,14H,12-13H2,1H3,(H2,24,26)(H2,25,29)(H,30,31)/t14-/m1/s1. The van der Waals surface area contributed by atoms with E-state index in [-0.39, 0.29) is 24.0 Å². The van der Waals surface area contributed by atoms with Crippen molar-refractivity contribution in [3.63, 3.8) is 0 Å². The molecule has 0 saturated carbocycles. The molecule has 0 saturated heterocycles. The number of rotatable bonds is 6. The number of anilines is 1. The molecule has 0 aliphatic carbocycles. The molecule has 0 bridgehead atoms. The molecule has 2 amide bonds. The minimum Gasteiger partial charge on any atom is -0.465 e. The molecule has 2 aromatic heterocycles. The van der Waals surface area contributed by atoms with Gasteiger partial charge in [0.15, 0.2) is 0 Å². The van der Waals surface area contributed by atoms with Gasteiger partial charge in [-0.1, -0.05) is 48.5 Å². The maximum Gasteiger partial charge on any atom is 0.407 e. The maximum absolute atomic E-state index is 12.0. The zero-order valence-corrected chi connectivity index (χ0v) is 17.0. The van der Waals surface area contributed by atoms with Crippen LogP contribution >= 0.6 is 0 Å². The number of primary amides is 1. The lowest BCUT2D eigenvalue weighted by Gasteiger charge is -2.27. The van der Waals surface area contributed by atoms with Crippen molar-refractivity contribution in [1.82, 2.24) is 14.5 Å². The molecule has 1 atom stereocenters. The number of benzene rings is 2. The maximum atomic E-state index is 12.0. The molecule has 8 heteroatoms. The highest BCUT2D eigenvalue weighted by molar-refractivity contribution is 6.10. The van der Waals surface area contributed by atoms with Crippen LogP contribution in [0.1, 0.15) is 22.8 Å². The molecular weight excluding hydrogens is 394 g/mol. The summed E-state index contributed by atoms with van der Waals surface area (Å²) in [5.41, 5.74) is 14.0. The summed E-state index contributed by atoms with van der Waals surface area (Å²) in [4.78, 5) is 29.6. The van der Waals surface area contributed by atoms with Gasteiger partial charge in [-0.2, -0.15) is 0 Å². The second-order valence-electron chi connectivity index (χ2n) is 7.53. The molecule has 0 unspecified atom stereocenters. The van der Waals surface area contributed by atoms with Crippen molar-refractivity contribution in [2.75, 3.05) is 5.73 Å². The van der Waals surface area contributed by atoms with E-state index in [1.54, 1.807) is 6.07 Å². The summed E-state index contributed by atoms with van der Waals surface area (Å²) < 4.78 is 1.94. The Balaban J connectivity index is 1.78. The van der Waals surface area contributed by atoms with E-state index in [1.165, 1.54) is 4.90 Å². The number of aromatic nitrogens is 2. The van der Waals surface area contributed by atoms with E-state index < -0.39 is 12.0 Å². The highest BCUT2D eigenvalue weighted by Gasteiger charge is 2.23. The third-order valence-corrected chi connectivity index (χ3v) is 5.46. The van der Waals surface area contributed by atoms with Gasteiger partial charge in [-0.3, -0.25) is 9.69 Å². The third-order valence-electron chi connectivity index (χ3n) is 5.46. The van der Waals surface area contributed by atoms with E-state index in [1.807, 2.05) is 66.1 Å². The normalized spacial score (nSPS) is 12.2. The van der Waals surface area contributed by atoms with E-state index in [0.717, 1.165) is 21.9 Å². The van der Waals surface area contributed by atoms with Crippen LogP contribution in [0.15, 0.2) is 60.7 Å². The Kier molecular flexibility index (Phi) is 5.21. The van der Waals surface area contributed by atoms with Crippen LogP contribution in [0.2, 0.25) is 0 Å². The number of hydrogen-bond donors (Lipinski definition) is 3. The van der Waals surface area contributed by atoms with E-state index >= 15 is 0 Å². The van der Waals surface area contributed by atoms with Gasteiger partial charge in [0, 0.05) is 23.9 Å². The largest absolute Gasteiger partial charge is 0.465 e. The predicted octanol–water partition coefficient (Wildman–Crippen LogP) is 3.44. The highest BCUT2D eigenvalue weighted by atomic mass is 16.4. The molecule has 31 heavy (non-hydrogen) atoms. The van der Waals surface area contributed by atoms with Gasteiger partial charge in [-0.25, -0.2) is 9.78 Å². The number of nitrogens with zero attached hydrogens (tertiary/aromatic N) is 3. The van der Waals surface area contributed by atoms with Crippen LogP contribution < -0.4 is 11.5 Å². The molecule has 2 heterocycles. The summed E-state index contributed by atoms with van der Waals surface area (Å²) >= 11 is 0. The number of amides is 2. The van der Waals surface area contributed by atoms with Crippen molar-refractivity contribution in [3.8, 4) is 0 Å². The number of nitrogen functional groups attached to an aromatic ring is 1. The average Bonchev–Trinajstić information content (AvgIpc) is 3.04. The molecular formula is C23H23N5O3. The minimum atomic E-state index is -0.999. The second-order valence-corrected chi connectivity index (χ2v) is 7.53. The first-order chi connectivity index (χ1) is 14.9. The number of pyridine rings is 1. The first-order valence-electron chi connectivity index (χ1n) is 9.87. The lowest BCUT2D eigenvalue weighted by atomic mass is 10.1. The highest BCUT2D eigenvalue weighted by Crippen LogP contribution is 2.30. The van der Waals surface area contributed by atoms with Gasteiger partial charge in [0.1, 0.15) is 11.5 Å². The zero-order chi connectivity index (χ0) is 22.1. The lowest BCUT2D eigenvalue weighted by molar-refractivity contribution is 0.100. The van der Waals surface area contributed by atoms with Gasteiger partial charge in [0.05, 0.1) is 17.1 Å². The number of hydrogen-bond acceptors (Lipinski definition) is 4. The van der Waals surface area contributed by atoms with E-state index in [4.69, 9.17) is 11.5 Å². The number of fused-ring (bicyclic) bond motifs is 3. The van der Waals surface area contributed by atoms with Crippen LogP contribution in [0, 0.1) is 0 Å². The van der Waals surface area contributed by atoms with Crippen molar-refractivity contribution in [2.24, 2.45) is 5.73 Å². The van der Waals surface area contributed by atoms with E-state index in [2.05, 4.69) is 4.98 Å². The van der Waals surface area contributed by atoms with Crippen LogP contribution in [0.25, 0.3) is 21.9 Å². The molecule has 8 nitrogen and oxygen atoms in total. The van der Waals surface area contributed by atoms with Crippen molar-refractivity contribution in [1.29, 1.82) is 0 Å². The van der Waals surface area contributed by atoms with Gasteiger partial charge in [-0.15, -0.1) is 0 Å². The molecule has 2 aromatic carbocycles. The van der Waals surface area contributed by atoms with Crippen LogP contribution in [0.4, 0.5) is 10.6 Å². The monoisotopic (exact) mass is 417 g/mol. The third kappa shape index (κ3) is 3.75. The second kappa shape index (κ2) is 7.98. The Morgan fingerprint density at radius 2 is 1.77 bits per heavy atom. The first kappa shape index (κ1) is 20.2. The number of carboxylic acid groups (broad SMARTS) is 1. The molecule has 4 rings (SSSR count). The summed E-state index contributed by atoms with van der Waals surface area (Å²) in [5, 5.41) is 11.5. The number of nitrogens with two attached hydrogens (primary N) is 2. The van der Waals surface area contributed by atoms with Gasteiger partial charge < -0.3 is 21.1 Å². The molecule has 4 aromatic rings. The number of carbonyl (C=O) groups is 2. The van der Waals surface area contributed by atoms with E-state index in [0.29, 0.717) is 12.2 Å². The Hall–Kier alpha value is -4.07. The van der Waals surface area contributed by atoms with Gasteiger partial charge >= 0.3 is 6.09 Å². The Labute approximate surface area is 178 Å². The molecule has 0 spiro atoms. The lowest BCUT2D eigenvalue weighted by Crippen LogP contribution is -2.39. The fraction of sp³-hybridized carbons (Fsp3) is 0.174. The van der Waals surface area contributed by atoms with Crippen molar-refractivity contribution < 1.29 is 14.7 Å². The van der Waals surface area contributed by atoms with Crippen molar-refractivity contribution in [2.45, 2.75) is 26.1 Å². The molecule has 0 aliphatic rings. The Bertz CT molecular complexity index is 1280. The van der Waals surface area contributed by atoms with E-state index in [9.17, 15) is 14.7 Å². The van der Waals surface area contributed by atoms with Crippen LogP contribution in [-0.4, -0.2) is 37.6 Å². The predicted molar refractivity (Wildman–Crippen MR) is 120 cm³/mol. The molecule has 5 N–H and O–H groups in total.